The van der Waals surface area contributed by atoms with Crippen molar-refractivity contribution < 1.29 is 19.4 Å². The smallest absolute Gasteiger partial charge is 0.322 e. The first kappa shape index (κ1) is 13.0. The second kappa shape index (κ2) is 6.52. The molecule has 5 heteroatoms. The molecule has 0 aliphatic heterocycles. The van der Waals surface area contributed by atoms with E-state index in [0.717, 1.165) is 11.3 Å². The van der Waals surface area contributed by atoms with Crippen LogP contribution in [0.25, 0.3) is 0 Å². The molecule has 0 aliphatic rings. The van der Waals surface area contributed by atoms with E-state index < -0.39 is 5.97 Å². The molecule has 1 aromatic rings. The summed E-state index contributed by atoms with van der Waals surface area (Å²) in [6.07, 6.45) is 0.166. The number of nitrogens with one attached hydrogen (secondary N) is 1. The minimum Gasteiger partial charge on any atom is -0.494 e. The van der Waals surface area contributed by atoms with Crippen LogP contribution in [0.2, 0.25) is 0 Å². The third-order valence-corrected chi connectivity index (χ3v) is 2.04. The number of hydrogen-bond donors (Lipinski definition) is 2. The number of aliphatic carboxylic acids is 1. The highest BCUT2D eigenvalue weighted by Crippen LogP contribution is 2.12. The fourth-order valence-electron chi connectivity index (χ4n) is 1.29. The van der Waals surface area contributed by atoms with Crippen molar-refractivity contribution in [2.24, 2.45) is 0 Å². The molecule has 0 saturated heterocycles. The predicted molar refractivity (Wildman–Crippen MR) is 62.0 cm³/mol. The molecule has 2 N–H and O–H groups in total. The van der Waals surface area contributed by atoms with Gasteiger partial charge in [0, 0.05) is 0 Å². The Hall–Kier alpha value is -2.04. The highest BCUT2D eigenvalue weighted by Gasteiger charge is 2.05. The van der Waals surface area contributed by atoms with Gasteiger partial charge >= 0.3 is 5.97 Å². The van der Waals surface area contributed by atoms with Gasteiger partial charge < -0.3 is 15.2 Å². The Labute approximate surface area is 99.4 Å². The van der Waals surface area contributed by atoms with Crippen LogP contribution in [0.4, 0.5) is 0 Å². The van der Waals surface area contributed by atoms with Crippen molar-refractivity contribution in [3.05, 3.63) is 29.8 Å². The monoisotopic (exact) mass is 237 g/mol. The van der Waals surface area contributed by atoms with Crippen LogP contribution in [-0.2, 0) is 16.0 Å². The van der Waals surface area contributed by atoms with E-state index in [1.54, 1.807) is 24.3 Å². The van der Waals surface area contributed by atoms with Crippen molar-refractivity contribution in [2.75, 3.05) is 13.2 Å². The molecule has 0 unspecified atom stereocenters. The molecule has 0 aliphatic carbocycles. The number of hydrogen-bond acceptors (Lipinski definition) is 3. The summed E-state index contributed by atoms with van der Waals surface area (Å²) in [7, 11) is 0. The molecule has 0 fully saturated rings. The quantitative estimate of drug-likeness (QED) is 0.768. The van der Waals surface area contributed by atoms with Gasteiger partial charge in [-0.1, -0.05) is 12.1 Å². The fourth-order valence-corrected chi connectivity index (χ4v) is 1.29. The van der Waals surface area contributed by atoms with Gasteiger partial charge in [-0.25, -0.2) is 0 Å². The zero-order chi connectivity index (χ0) is 12.7. The van der Waals surface area contributed by atoms with Gasteiger partial charge in [-0.3, -0.25) is 9.59 Å². The number of carbonyl (C=O) groups is 2. The van der Waals surface area contributed by atoms with Gasteiger partial charge in [-0.15, -0.1) is 0 Å². The van der Waals surface area contributed by atoms with Gasteiger partial charge in [-0.05, 0) is 24.6 Å². The van der Waals surface area contributed by atoms with Crippen molar-refractivity contribution in [2.45, 2.75) is 13.3 Å². The van der Waals surface area contributed by atoms with E-state index in [1.165, 1.54) is 0 Å². The number of ether oxygens (including phenoxy) is 1. The minimum atomic E-state index is -1.05. The second-order valence-electron chi connectivity index (χ2n) is 3.42. The molecular weight excluding hydrogens is 222 g/mol. The summed E-state index contributed by atoms with van der Waals surface area (Å²) in [5.74, 6) is -0.608. The summed E-state index contributed by atoms with van der Waals surface area (Å²) in [4.78, 5) is 21.6. The Kier molecular flexibility index (Phi) is 5.00. The maximum absolute atomic E-state index is 11.3. The first-order chi connectivity index (χ1) is 8.11. The SMILES string of the molecule is CCOc1ccc(CC(=O)NCC(=O)O)cc1. The molecule has 0 heterocycles. The van der Waals surface area contributed by atoms with Crippen LogP contribution in [0, 0.1) is 0 Å². The standard InChI is InChI=1S/C12H15NO4/c1-2-17-10-5-3-9(4-6-10)7-11(14)13-8-12(15)16/h3-6H,2,7-8H2,1H3,(H,13,14)(H,15,16). The molecule has 0 aromatic heterocycles. The maximum Gasteiger partial charge on any atom is 0.322 e. The zero-order valence-corrected chi connectivity index (χ0v) is 9.60. The lowest BCUT2D eigenvalue weighted by molar-refractivity contribution is -0.137. The summed E-state index contributed by atoms with van der Waals surface area (Å²) in [6, 6.07) is 7.13. The summed E-state index contributed by atoms with van der Waals surface area (Å²) in [5, 5.41) is 10.7. The maximum atomic E-state index is 11.3. The first-order valence-electron chi connectivity index (χ1n) is 5.32. The van der Waals surface area contributed by atoms with Crippen LogP contribution in [0.5, 0.6) is 5.75 Å². The first-order valence-corrected chi connectivity index (χ1v) is 5.32. The molecule has 0 radical (unpaired) electrons. The number of benzene rings is 1. The Morgan fingerprint density at radius 2 is 1.94 bits per heavy atom. The lowest BCUT2D eigenvalue weighted by Crippen LogP contribution is -2.30. The Bertz CT molecular complexity index is 386. The average molecular weight is 237 g/mol. The number of carboxylic acids is 1. The number of amides is 1. The molecule has 1 amide bonds. The molecule has 1 aromatic carbocycles. The van der Waals surface area contributed by atoms with Gasteiger partial charge in [0.15, 0.2) is 0 Å². The molecule has 17 heavy (non-hydrogen) atoms. The summed E-state index contributed by atoms with van der Waals surface area (Å²) < 4.78 is 5.27. The number of rotatable bonds is 6. The van der Waals surface area contributed by atoms with Crippen molar-refractivity contribution in [1.82, 2.24) is 5.32 Å². The highest BCUT2D eigenvalue weighted by molar-refractivity contribution is 5.82. The topological polar surface area (TPSA) is 75.6 Å². The van der Waals surface area contributed by atoms with Crippen LogP contribution in [-0.4, -0.2) is 30.1 Å². The third-order valence-electron chi connectivity index (χ3n) is 2.04. The fraction of sp³-hybridized carbons (Fsp3) is 0.333. The molecule has 0 saturated carbocycles. The van der Waals surface area contributed by atoms with E-state index in [4.69, 9.17) is 9.84 Å². The van der Waals surface area contributed by atoms with Crippen LogP contribution < -0.4 is 10.1 Å². The van der Waals surface area contributed by atoms with E-state index in [-0.39, 0.29) is 18.9 Å². The molecular formula is C12H15NO4. The predicted octanol–water partition coefficient (Wildman–Crippen LogP) is 0.829. The number of carboxylic acid groups (broad SMARTS) is 1. The lowest BCUT2D eigenvalue weighted by atomic mass is 10.1. The summed E-state index contributed by atoms with van der Waals surface area (Å²) in [6.45, 7) is 2.14. The van der Waals surface area contributed by atoms with Crippen molar-refractivity contribution in [3.63, 3.8) is 0 Å². The average Bonchev–Trinajstić information content (AvgIpc) is 2.29. The second-order valence-corrected chi connectivity index (χ2v) is 3.42. The van der Waals surface area contributed by atoms with Gasteiger partial charge in [0.1, 0.15) is 12.3 Å². The van der Waals surface area contributed by atoms with Crippen LogP contribution in [0.1, 0.15) is 12.5 Å². The van der Waals surface area contributed by atoms with E-state index in [2.05, 4.69) is 5.32 Å². The van der Waals surface area contributed by atoms with Gasteiger partial charge in [0.2, 0.25) is 5.91 Å². The zero-order valence-electron chi connectivity index (χ0n) is 9.60. The van der Waals surface area contributed by atoms with Crippen LogP contribution in [0.15, 0.2) is 24.3 Å². The van der Waals surface area contributed by atoms with E-state index in [1.807, 2.05) is 6.92 Å². The molecule has 5 nitrogen and oxygen atoms in total. The Morgan fingerprint density at radius 3 is 2.47 bits per heavy atom. The van der Waals surface area contributed by atoms with Gasteiger partial charge in [0.05, 0.1) is 13.0 Å². The summed E-state index contributed by atoms with van der Waals surface area (Å²) in [5.41, 5.74) is 0.816. The normalized spacial score (nSPS) is 9.71. The molecule has 1 rings (SSSR count). The van der Waals surface area contributed by atoms with Crippen LogP contribution >= 0.6 is 0 Å². The van der Waals surface area contributed by atoms with Gasteiger partial charge in [-0.2, -0.15) is 0 Å². The summed E-state index contributed by atoms with van der Waals surface area (Å²) >= 11 is 0. The lowest BCUT2D eigenvalue weighted by Gasteiger charge is -2.05. The van der Waals surface area contributed by atoms with Crippen molar-refractivity contribution in [1.29, 1.82) is 0 Å². The van der Waals surface area contributed by atoms with E-state index in [9.17, 15) is 9.59 Å². The Balaban J connectivity index is 2.45. The molecule has 0 atom stereocenters. The number of carbonyl (C=O) groups excluding carboxylic acids is 1. The van der Waals surface area contributed by atoms with Crippen molar-refractivity contribution in [3.8, 4) is 5.75 Å². The molecule has 0 spiro atoms. The van der Waals surface area contributed by atoms with Crippen LogP contribution in [0.3, 0.4) is 0 Å². The molecule has 0 bridgehead atoms. The van der Waals surface area contributed by atoms with E-state index in [0.29, 0.717) is 6.61 Å². The van der Waals surface area contributed by atoms with E-state index >= 15 is 0 Å². The highest BCUT2D eigenvalue weighted by atomic mass is 16.5. The Morgan fingerprint density at radius 1 is 1.29 bits per heavy atom. The van der Waals surface area contributed by atoms with Crippen molar-refractivity contribution >= 4 is 11.9 Å². The largest absolute Gasteiger partial charge is 0.494 e. The molecule has 92 valence electrons. The van der Waals surface area contributed by atoms with Gasteiger partial charge in [0.25, 0.3) is 0 Å². The third kappa shape index (κ3) is 5.01. The minimum absolute atomic E-state index is 0.166.